The predicted molar refractivity (Wildman–Crippen MR) is 143 cm³/mol. The second-order valence-electron chi connectivity index (χ2n) is 11.0. The number of carboxylic acids is 1. The fraction of sp³-hybridized carbons (Fsp3) is 0.536. The van der Waals surface area contributed by atoms with Crippen molar-refractivity contribution in [1.82, 2.24) is 9.80 Å². The van der Waals surface area contributed by atoms with Gasteiger partial charge in [-0.25, -0.2) is 0 Å². The first-order valence-corrected chi connectivity index (χ1v) is 14.0. The Labute approximate surface area is 240 Å². The highest BCUT2D eigenvalue weighted by Crippen LogP contribution is 2.66. The zero-order chi connectivity index (χ0) is 29.1. The monoisotopic (exact) mass is 592 g/mol. The molecule has 3 fully saturated rings. The third-order valence-corrected chi connectivity index (χ3v) is 10.3. The Morgan fingerprint density at radius 3 is 2.48 bits per heavy atom. The topological polar surface area (TPSA) is 142 Å². The number of fused-ring (bicyclic) bond motifs is 4. The summed E-state index contributed by atoms with van der Waals surface area (Å²) in [6.45, 7) is 0.174. The van der Waals surface area contributed by atoms with E-state index in [1.165, 1.54) is 31.2 Å². The number of phenols is 1. The van der Waals surface area contributed by atoms with Gasteiger partial charge >= 0.3 is 5.97 Å². The molecule has 6 atom stereocenters. The van der Waals surface area contributed by atoms with Crippen molar-refractivity contribution in [3.05, 3.63) is 35.4 Å². The lowest BCUT2D eigenvalue weighted by atomic mass is 9.56. The Bertz CT molecular complexity index is 1350. The first kappa shape index (κ1) is 28.4. The van der Waals surface area contributed by atoms with Gasteiger partial charge in [-0.05, 0) is 37.7 Å². The van der Waals surface area contributed by atoms with Gasteiger partial charge in [0, 0.05) is 37.6 Å². The highest BCUT2D eigenvalue weighted by atomic mass is 35.5. The van der Waals surface area contributed by atoms with E-state index in [1.807, 2.05) is 6.08 Å². The number of amides is 4. The van der Waals surface area contributed by atoms with Gasteiger partial charge in [0.15, 0.2) is 9.75 Å². The molecule has 2 saturated heterocycles. The molecule has 0 bridgehead atoms. The average molecular weight is 593 g/mol. The van der Waals surface area contributed by atoms with E-state index >= 15 is 0 Å². The molecule has 40 heavy (non-hydrogen) atoms. The molecule has 5 rings (SSSR count). The summed E-state index contributed by atoms with van der Waals surface area (Å²) < 4.78 is 5.53. The van der Waals surface area contributed by atoms with Crippen LogP contribution in [-0.2, 0) is 24.0 Å². The number of nitrogens with zero attached hydrogens (tertiary/aromatic N) is 2. The number of rotatable bonds is 8. The number of carbonyl (C=O) groups is 5. The van der Waals surface area contributed by atoms with Crippen molar-refractivity contribution in [2.24, 2.45) is 17.8 Å². The van der Waals surface area contributed by atoms with Gasteiger partial charge < -0.3 is 14.9 Å². The Hall–Kier alpha value is -3.11. The zero-order valence-electron chi connectivity index (χ0n) is 22.1. The number of halogens is 2. The fourth-order valence-electron chi connectivity index (χ4n) is 7.04. The Morgan fingerprint density at radius 1 is 1.07 bits per heavy atom. The molecule has 0 radical (unpaired) electrons. The SMILES string of the molecule is COc1cc(O)ccc1[C@H]1C2=CC[C@@H]3C(=O)N(CCCCCC(=O)O)C(=O)[C@@H]3[C@@H]2C[C@@]2(Cl)C(=O)N(C)C(=O)[C@@]12Cl. The summed E-state index contributed by atoms with van der Waals surface area (Å²) in [6, 6.07) is 4.37. The molecule has 2 aliphatic carbocycles. The number of likely N-dealkylation sites (tertiary alicyclic amines) is 2. The molecule has 0 spiro atoms. The second kappa shape index (κ2) is 10.1. The van der Waals surface area contributed by atoms with Gasteiger partial charge in [-0.2, -0.15) is 0 Å². The van der Waals surface area contributed by atoms with Crippen molar-refractivity contribution in [1.29, 1.82) is 0 Å². The molecule has 12 heteroatoms. The number of methoxy groups -OCH3 is 1. The number of allylic oxidation sites excluding steroid dienone is 2. The lowest BCUT2D eigenvalue weighted by Gasteiger charge is -2.51. The maximum Gasteiger partial charge on any atom is 0.303 e. The Kier molecular flexibility index (Phi) is 7.15. The highest BCUT2D eigenvalue weighted by molar-refractivity contribution is 6.53. The van der Waals surface area contributed by atoms with Crippen LogP contribution in [0.5, 0.6) is 11.5 Å². The van der Waals surface area contributed by atoms with Gasteiger partial charge in [-0.1, -0.05) is 24.1 Å². The molecule has 10 nitrogen and oxygen atoms in total. The van der Waals surface area contributed by atoms with Crippen LogP contribution in [0.4, 0.5) is 0 Å². The summed E-state index contributed by atoms with van der Waals surface area (Å²) in [4.78, 5) is 63.3. The van der Waals surface area contributed by atoms with E-state index < -0.39 is 51.2 Å². The largest absolute Gasteiger partial charge is 0.508 e. The van der Waals surface area contributed by atoms with E-state index in [-0.39, 0.29) is 49.1 Å². The normalized spacial score (nSPS) is 33.0. The van der Waals surface area contributed by atoms with E-state index in [0.717, 1.165) is 4.90 Å². The zero-order valence-corrected chi connectivity index (χ0v) is 23.6. The number of hydrogen-bond acceptors (Lipinski definition) is 7. The van der Waals surface area contributed by atoms with Crippen molar-refractivity contribution in [3.8, 4) is 11.5 Å². The highest BCUT2D eigenvalue weighted by Gasteiger charge is 2.76. The number of unbranched alkanes of at least 4 members (excludes halogenated alkanes) is 2. The smallest absolute Gasteiger partial charge is 0.303 e. The molecule has 1 aromatic carbocycles. The molecule has 214 valence electrons. The van der Waals surface area contributed by atoms with E-state index in [1.54, 1.807) is 6.07 Å². The van der Waals surface area contributed by atoms with Crippen molar-refractivity contribution >= 4 is 52.8 Å². The van der Waals surface area contributed by atoms with Gasteiger partial charge in [0.05, 0.1) is 18.9 Å². The van der Waals surface area contributed by atoms with Gasteiger partial charge in [0.1, 0.15) is 11.5 Å². The first-order valence-electron chi connectivity index (χ1n) is 13.2. The molecule has 2 N–H and O–H groups in total. The van der Waals surface area contributed by atoms with Crippen LogP contribution in [0.2, 0.25) is 0 Å². The minimum Gasteiger partial charge on any atom is -0.508 e. The number of carbonyl (C=O) groups excluding carboxylic acids is 4. The molecule has 0 unspecified atom stereocenters. The Balaban J connectivity index is 1.55. The molecule has 2 heterocycles. The summed E-state index contributed by atoms with van der Waals surface area (Å²) in [7, 11) is 2.72. The molecule has 0 aromatic heterocycles. The number of imide groups is 2. The van der Waals surface area contributed by atoms with Crippen LogP contribution in [0.1, 0.15) is 50.0 Å². The number of aliphatic carboxylic acids is 1. The summed E-state index contributed by atoms with van der Waals surface area (Å²) in [5.74, 6) is -5.82. The van der Waals surface area contributed by atoms with Crippen molar-refractivity contribution in [2.45, 2.75) is 54.2 Å². The van der Waals surface area contributed by atoms with E-state index in [4.69, 9.17) is 33.0 Å². The minimum atomic E-state index is -1.94. The van der Waals surface area contributed by atoms with E-state index in [9.17, 15) is 29.1 Å². The van der Waals surface area contributed by atoms with Crippen LogP contribution in [0, 0.1) is 17.8 Å². The molecule has 1 aromatic rings. The van der Waals surface area contributed by atoms with Crippen molar-refractivity contribution in [3.63, 3.8) is 0 Å². The van der Waals surface area contributed by atoms with Gasteiger partial charge in [-0.3, -0.25) is 33.8 Å². The number of hydrogen-bond donors (Lipinski definition) is 2. The number of aromatic hydroxyl groups is 1. The quantitative estimate of drug-likeness (QED) is 0.203. The maximum absolute atomic E-state index is 13.8. The molecule has 4 amide bonds. The maximum atomic E-state index is 13.8. The van der Waals surface area contributed by atoms with Crippen LogP contribution in [-0.4, -0.2) is 80.1 Å². The summed E-state index contributed by atoms with van der Waals surface area (Å²) >= 11 is 14.3. The summed E-state index contributed by atoms with van der Waals surface area (Å²) in [5.41, 5.74) is 1.07. The Morgan fingerprint density at radius 2 is 1.80 bits per heavy atom. The molecular formula is C28H30Cl2N2O8. The minimum absolute atomic E-state index is 0.0176. The number of ether oxygens (including phenoxy) is 1. The van der Waals surface area contributed by atoms with E-state index in [2.05, 4.69) is 0 Å². The van der Waals surface area contributed by atoms with Gasteiger partial charge in [-0.15, -0.1) is 23.2 Å². The van der Waals surface area contributed by atoms with Crippen LogP contribution < -0.4 is 4.74 Å². The van der Waals surface area contributed by atoms with Crippen molar-refractivity contribution < 1.29 is 38.9 Å². The van der Waals surface area contributed by atoms with Crippen LogP contribution in [0.25, 0.3) is 0 Å². The van der Waals surface area contributed by atoms with E-state index in [0.29, 0.717) is 30.4 Å². The predicted octanol–water partition coefficient (Wildman–Crippen LogP) is 3.03. The van der Waals surface area contributed by atoms with Gasteiger partial charge in [0.2, 0.25) is 11.8 Å². The lowest BCUT2D eigenvalue weighted by molar-refractivity contribution is -0.141. The molecule has 4 aliphatic rings. The number of carboxylic acid groups (broad SMARTS) is 1. The first-order chi connectivity index (χ1) is 18.9. The number of phenolic OH excluding ortho intramolecular Hbond substituents is 1. The summed E-state index contributed by atoms with van der Waals surface area (Å²) in [6.07, 6.45) is 3.46. The lowest BCUT2D eigenvalue weighted by Crippen LogP contribution is -2.60. The van der Waals surface area contributed by atoms with Crippen molar-refractivity contribution in [2.75, 3.05) is 20.7 Å². The molecule has 2 aliphatic heterocycles. The second-order valence-corrected chi connectivity index (χ2v) is 12.2. The molecular weight excluding hydrogens is 563 g/mol. The van der Waals surface area contributed by atoms with Gasteiger partial charge in [0.25, 0.3) is 11.8 Å². The van der Waals surface area contributed by atoms with Crippen LogP contribution in [0.3, 0.4) is 0 Å². The third-order valence-electron chi connectivity index (χ3n) is 8.91. The van der Waals surface area contributed by atoms with Crippen LogP contribution in [0.15, 0.2) is 29.8 Å². The number of alkyl halides is 2. The van der Waals surface area contributed by atoms with Crippen LogP contribution >= 0.6 is 23.2 Å². The summed E-state index contributed by atoms with van der Waals surface area (Å²) in [5, 5.41) is 18.9. The average Bonchev–Trinajstić information content (AvgIpc) is 3.23. The third kappa shape index (κ3) is 3.94. The fourth-order valence-corrected chi connectivity index (χ4v) is 8.05. The molecule has 1 saturated carbocycles. The standard InChI is InChI=1S/C28H30Cl2N2O8/c1-31-25(38)27(29)13-18-15(22(28(27,30)26(31)39)16-8-7-14(33)12-19(16)40-2)9-10-17-21(18)24(37)32(23(17)36)11-5-3-4-6-20(34)35/h7-9,12,17-18,21-22,33H,3-6,10-11,13H2,1-2H3,(H,34,35)/t17-,18+,21-,22+,27+,28-/m0/s1. The number of benzene rings is 1.